The summed E-state index contributed by atoms with van der Waals surface area (Å²) < 4.78 is 32.7. The van der Waals surface area contributed by atoms with Gasteiger partial charge in [0.15, 0.2) is 18.0 Å². The molecular formula is C25H29FO7. The molecule has 8 atom stereocenters. The van der Waals surface area contributed by atoms with Gasteiger partial charge in [-0.05, 0) is 62.2 Å². The summed E-state index contributed by atoms with van der Waals surface area (Å²) in [5, 5.41) is 0. The van der Waals surface area contributed by atoms with E-state index in [1.165, 1.54) is 26.0 Å². The summed E-state index contributed by atoms with van der Waals surface area (Å²) in [7, 11) is 0. The molecule has 1 aliphatic heterocycles. The first kappa shape index (κ1) is 22.4. The van der Waals surface area contributed by atoms with Gasteiger partial charge in [-0.15, -0.1) is 0 Å². The molecule has 0 aromatic carbocycles. The molecule has 0 aromatic rings. The van der Waals surface area contributed by atoms with Gasteiger partial charge in [0.05, 0.1) is 6.10 Å². The van der Waals surface area contributed by atoms with E-state index in [2.05, 4.69) is 0 Å². The van der Waals surface area contributed by atoms with Crippen molar-refractivity contribution in [2.75, 3.05) is 6.61 Å². The summed E-state index contributed by atoms with van der Waals surface area (Å²) in [6.07, 6.45) is 4.60. The van der Waals surface area contributed by atoms with Crippen LogP contribution in [0.15, 0.2) is 23.8 Å². The number of rotatable bonds is 4. The molecule has 0 bridgehead atoms. The van der Waals surface area contributed by atoms with Crippen molar-refractivity contribution in [3.05, 3.63) is 23.8 Å². The second kappa shape index (κ2) is 6.84. The van der Waals surface area contributed by atoms with E-state index in [1.807, 2.05) is 13.8 Å². The number of ketones is 2. The van der Waals surface area contributed by atoms with Crippen LogP contribution in [0.2, 0.25) is 0 Å². The molecule has 3 saturated carbocycles. The van der Waals surface area contributed by atoms with Crippen molar-refractivity contribution >= 4 is 23.5 Å². The third kappa shape index (κ3) is 2.70. The maximum atomic E-state index is 15.5. The lowest BCUT2D eigenvalue weighted by atomic mass is 9.46. The zero-order chi connectivity index (χ0) is 24.0. The Labute approximate surface area is 191 Å². The fourth-order valence-electron chi connectivity index (χ4n) is 7.84. The van der Waals surface area contributed by atoms with Gasteiger partial charge in [0.25, 0.3) is 0 Å². The number of hydrogen-bond acceptors (Lipinski definition) is 7. The molecule has 1 spiro atoms. The smallest absolute Gasteiger partial charge is 0.303 e. The summed E-state index contributed by atoms with van der Waals surface area (Å²) >= 11 is 0. The van der Waals surface area contributed by atoms with Crippen LogP contribution in [0, 0.1) is 22.7 Å². The Morgan fingerprint density at radius 2 is 1.91 bits per heavy atom. The van der Waals surface area contributed by atoms with Crippen LogP contribution >= 0.6 is 0 Å². The summed E-state index contributed by atoms with van der Waals surface area (Å²) in [5.41, 5.74) is -3.18. The fraction of sp³-hybridized carbons (Fsp3) is 0.680. The lowest BCUT2D eigenvalue weighted by Gasteiger charge is -2.56. The zero-order valence-corrected chi connectivity index (χ0v) is 19.3. The standard InChI is InChI=1S/C25H29FO7/c1-13(27)31-12-20(30)24(32-14(2)28)8-6-16-17-10-19(26)18-9-15(29)5-7-22(18,3)25(17)21(33-25)11-23(16,24)4/h5,7,9,16-17,19,21H,6,8,10-12H2,1-4H3/t16-,17-,19?,21?,22-,23-,24-,25-/m0/s1. The first-order chi connectivity index (χ1) is 15.4. The molecule has 4 aliphatic carbocycles. The quantitative estimate of drug-likeness (QED) is 0.470. The molecule has 5 rings (SSSR count). The fourth-order valence-corrected chi connectivity index (χ4v) is 7.84. The van der Waals surface area contributed by atoms with Crippen LogP contribution in [0.1, 0.15) is 53.4 Å². The predicted octanol–water partition coefficient (Wildman–Crippen LogP) is 2.81. The van der Waals surface area contributed by atoms with Gasteiger partial charge >= 0.3 is 11.9 Å². The Bertz CT molecular complexity index is 1030. The summed E-state index contributed by atoms with van der Waals surface area (Å²) in [5.74, 6) is -2.20. The van der Waals surface area contributed by atoms with Crippen molar-refractivity contribution in [2.45, 2.75) is 76.9 Å². The van der Waals surface area contributed by atoms with E-state index in [0.717, 1.165) is 0 Å². The Morgan fingerprint density at radius 3 is 2.58 bits per heavy atom. The number of allylic oxidation sites excluding steroid dienone is 2. The second-order valence-electron chi connectivity index (χ2n) is 10.6. The Hall–Kier alpha value is -2.35. The number of carbonyl (C=O) groups excluding carboxylic acids is 4. The summed E-state index contributed by atoms with van der Waals surface area (Å²) in [4.78, 5) is 48.9. The van der Waals surface area contributed by atoms with E-state index in [1.54, 1.807) is 6.08 Å². The molecule has 7 nitrogen and oxygen atoms in total. The summed E-state index contributed by atoms with van der Waals surface area (Å²) in [6, 6.07) is 0. The minimum atomic E-state index is -1.46. The van der Waals surface area contributed by atoms with Crippen LogP contribution in [-0.4, -0.2) is 53.6 Å². The summed E-state index contributed by atoms with van der Waals surface area (Å²) in [6.45, 7) is 5.86. The molecular weight excluding hydrogens is 431 g/mol. The predicted molar refractivity (Wildman–Crippen MR) is 113 cm³/mol. The topological polar surface area (TPSA) is 99.3 Å². The molecule has 0 N–H and O–H groups in total. The molecule has 0 aromatic heterocycles. The first-order valence-electron chi connectivity index (χ1n) is 11.5. The average Bonchev–Trinajstić information content (AvgIpc) is 3.38. The van der Waals surface area contributed by atoms with Gasteiger partial charge in [0.2, 0.25) is 5.78 Å². The van der Waals surface area contributed by atoms with Gasteiger partial charge in [0, 0.05) is 24.7 Å². The van der Waals surface area contributed by atoms with Gasteiger partial charge in [-0.25, -0.2) is 4.39 Å². The number of halogens is 1. The monoisotopic (exact) mass is 460 g/mol. The highest BCUT2D eigenvalue weighted by atomic mass is 19.1. The molecule has 33 heavy (non-hydrogen) atoms. The SMILES string of the molecule is CC(=O)OCC(=O)[C@@]1(OC(C)=O)CC[C@H]2[C@@H]3CC(F)C4=CC(=O)C=C[C@]4(C)[C@]34OC4C[C@@]21C. The third-order valence-corrected chi connectivity index (χ3v) is 9.22. The van der Waals surface area contributed by atoms with Crippen molar-refractivity contribution in [1.82, 2.24) is 0 Å². The van der Waals surface area contributed by atoms with Gasteiger partial charge in [-0.3, -0.25) is 19.2 Å². The normalized spacial score (nSPS) is 46.8. The molecule has 8 heteroatoms. The minimum absolute atomic E-state index is 0.139. The largest absolute Gasteiger partial charge is 0.458 e. The van der Waals surface area contributed by atoms with Crippen LogP contribution < -0.4 is 0 Å². The lowest BCUT2D eigenvalue weighted by molar-refractivity contribution is -0.188. The van der Waals surface area contributed by atoms with Crippen LogP contribution in [-0.2, 0) is 33.4 Å². The Morgan fingerprint density at radius 1 is 1.18 bits per heavy atom. The van der Waals surface area contributed by atoms with Crippen molar-refractivity contribution < 1.29 is 37.8 Å². The maximum absolute atomic E-state index is 15.5. The molecule has 4 fully saturated rings. The number of hydrogen-bond donors (Lipinski definition) is 0. The molecule has 2 unspecified atom stereocenters. The van der Waals surface area contributed by atoms with Gasteiger partial charge < -0.3 is 14.2 Å². The molecule has 0 radical (unpaired) electrons. The minimum Gasteiger partial charge on any atom is -0.458 e. The number of epoxide rings is 1. The zero-order valence-electron chi connectivity index (χ0n) is 19.3. The van der Waals surface area contributed by atoms with Gasteiger partial charge in [-0.1, -0.05) is 13.0 Å². The number of Topliss-reactive ketones (excluding diaryl/α,β-unsaturated/α-hetero) is 1. The molecule has 5 aliphatic rings. The Kier molecular flexibility index (Phi) is 4.65. The molecule has 0 amide bonds. The van der Waals surface area contributed by atoms with Crippen molar-refractivity contribution in [3.63, 3.8) is 0 Å². The van der Waals surface area contributed by atoms with Crippen molar-refractivity contribution in [2.24, 2.45) is 22.7 Å². The van der Waals surface area contributed by atoms with E-state index in [9.17, 15) is 19.2 Å². The van der Waals surface area contributed by atoms with Crippen LogP contribution in [0.5, 0.6) is 0 Å². The van der Waals surface area contributed by atoms with E-state index in [4.69, 9.17) is 14.2 Å². The third-order valence-electron chi connectivity index (χ3n) is 9.22. The van der Waals surface area contributed by atoms with Crippen molar-refractivity contribution in [3.8, 4) is 0 Å². The lowest BCUT2D eigenvalue weighted by Crippen LogP contribution is -2.63. The number of carbonyl (C=O) groups is 4. The van der Waals surface area contributed by atoms with Crippen LogP contribution in [0.4, 0.5) is 4.39 Å². The van der Waals surface area contributed by atoms with Crippen LogP contribution in [0.3, 0.4) is 0 Å². The van der Waals surface area contributed by atoms with Crippen molar-refractivity contribution in [1.29, 1.82) is 0 Å². The van der Waals surface area contributed by atoms with E-state index < -0.39 is 52.5 Å². The molecule has 178 valence electrons. The highest BCUT2D eigenvalue weighted by Gasteiger charge is 2.82. The Balaban J connectivity index is 1.56. The molecule has 1 heterocycles. The average molecular weight is 460 g/mol. The van der Waals surface area contributed by atoms with E-state index in [0.29, 0.717) is 18.4 Å². The number of alkyl halides is 1. The highest BCUT2D eigenvalue weighted by molar-refractivity contribution is 6.01. The first-order valence-corrected chi connectivity index (χ1v) is 11.5. The highest BCUT2D eigenvalue weighted by Crippen LogP contribution is 2.76. The maximum Gasteiger partial charge on any atom is 0.303 e. The van der Waals surface area contributed by atoms with Gasteiger partial charge in [-0.2, -0.15) is 0 Å². The molecule has 1 saturated heterocycles. The van der Waals surface area contributed by atoms with Gasteiger partial charge in [0.1, 0.15) is 11.8 Å². The second-order valence-corrected chi connectivity index (χ2v) is 10.6. The number of esters is 2. The number of ether oxygens (including phenoxy) is 3. The number of fused-ring (bicyclic) bond motifs is 3. The van der Waals surface area contributed by atoms with E-state index >= 15 is 4.39 Å². The van der Waals surface area contributed by atoms with Crippen LogP contribution in [0.25, 0.3) is 0 Å². The van der Waals surface area contributed by atoms with E-state index in [-0.39, 0.29) is 36.6 Å².